The maximum Gasteiger partial charge on any atom is 0.292 e. The zero-order chi connectivity index (χ0) is 23.4. The van der Waals surface area contributed by atoms with Crippen LogP contribution < -0.4 is 5.73 Å². The Bertz CT molecular complexity index is 1380. The van der Waals surface area contributed by atoms with Crippen LogP contribution in [0.4, 0.5) is 5.82 Å². The molecule has 34 heavy (non-hydrogen) atoms. The molecule has 6 heterocycles. The van der Waals surface area contributed by atoms with Crippen LogP contribution in [0.1, 0.15) is 65.2 Å². The van der Waals surface area contributed by atoms with Crippen LogP contribution in [-0.4, -0.2) is 63.4 Å². The lowest BCUT2D eigenvalue weighted by Gasteiger charge is -2.38. The normalized spacial score (nSPS) is 21.8. The molecule has 11 nitrogen and oxygen atoms in total. The summed E-state index contributed by atoms with van der Waals surface area (Å²) in [6.07, 6.45) is 9.79. The molecule has 2 aliphatic heterocycles. The van der Waals surface area contributed by atoms with Crippen molar-refractivity contribution in [2.45, 2.75) is 50.6 Å². The average molecular weight is 457 g/mol. The van der Waals surface area contributed by atoms with Crippen molar-refractivity contribution in [1.29, 1.82) is 0 Å². The van der Waals surface area contributed by atoms with Gasteiger partial charge in [-0.3, -0.25) is 14.6 Å². The second-order valence-corrected chi connectivity index (χ2v) is 8.95. The van der Waals surface area contributed by atoms with E-state index in [1.54, 1.807) is 18.6 Å². The fourth-order valence-corrected chi connectivity index (χ4v) is 5.58. The summed E-state index contributed by atoms with van der Waals surface area (Å²) in [6, 6.07) is 3.88. The van der Waals surface area contributed by atoms with E-state index >= 15 is 0 Å². The summed E-state index contributed by atoms with van der Waals surface area (Å²) in [4.78, 5) is 39.6. The van der Waals surface area contributed by atoms with Crippen LogP contribution in [0.5, 0.6) is 0 Å². The summed E-state index contributed by atoms with van der Waals surface area (Å²) < 4.78 is 1.53. The number of hydrogen-bond acceptors (Lipinski definition) is 8. The van der Waals surface area contributed by atoms with Gasteiger partial charge in [0.25, 0.3) is 5.91 Å². The number of carbonyl (C=O) groups is 2. The van der Waals surface area contributed by atoms with E-state index in [0.29, 0.717) is 29.7 Å². The summed E-state index contributed by atoms with van der Waals surface area (Å²) >= 11 is 0. The van der Waals surface area contributed by atoms with Crippen LogP contribution in [0.25, 0.3) is 16.8 Å². The van der Waals surface area contributed by atoms with Gasteiger partial charge in [-0.2, -0.15) is 9.61 Å². The van der Waals surface area contributed by atoms with E-state index in [2.05, 4.69) is 25.3 Å². The maximum atomic E-state index is 13.0. The number of fused-ring (bicyclic) bond motifs is 3. The Labute approximate surface area is 194 Å². The molecular formula is C23H23N9O2. The number of nitrogens with two attached hydrogens (primary N) is 1. The Morgan fingerprint density at radius 1 is 1.18 bits per heavy atom. The SMILES string of the molecule is CC(=O)c1c([C@@H]2C[C@H]3CC[C@@H](C2)N3C(=O)c2nnc[nH]2)nc2c(-c3cccnc3)cnn2c1N. The van der Waals surface area contributed by atoms with Gasteiger partial charge in [-0.25, -0.2) is 4.98 Å². The fraction of sp³-hybridized carbons (Fsp3) is 0.348. The Balaban J connectivity index is 1.42. The molecule has 0 spiro atoms. The molecule has 2 aliphatic rings. The molecule has 3 N–H and O–H groups in total. The molecule has 6 rings (SSSR count). The molecule has 0 radical (unpaired) electrons. The smallest absolute Gasteiger partial charge is 0.292 e. The van der Waals surface area contributed by atoms with Crippen molar-refractivity contribution in [1.82, 2.24) is 39.7 Å². The van der Waals surface area contributed by atoms with Gasteiger partial charge in [0.05, 0.1) is 17.5 Å². The van der Waals surface area contributed by atoms with E-state index in [-0.39, 0.29) is 41.3 Å². The molecule has 2 saturated heterocycles. The summed E-state index contributed by atoms with van der Waals surface area (Å²) in [5.74, 6) is 0.263. The first-order valence-electron chi connectivity index (χ1n) is 11.3. The molecule has 2 bridgehead atoms. The number of piperidine rings is 1. The summed E-state index contributed by atoms with van der Waals surface area (Å²) in [5.41, 5.74) is 9.85. The fourth-order valence-electron chi connectivity index (χ4n) is 5.58. The quantitative estimate of drug-likeness (QED) is 0.443. The average Bonchev–Trinajstić information content (AvgIpc) is 3.57. The third kappa shape index (κ3) is 3.07. The Kier molecular flexibility index (Phi) is 4.64. The topological polar surface area (TPSA) is 148 Å². The number of aromatic nitrogens is 7. The zero-order valence-electron chi connectivity index (χ0n) is 18.5. The lowest BCUT2D eigenvalue weighted by Crippen LogP contribution is -2.46. The highest BCUT2D eigenvalue weighted by Crippen LogP contribution is 2.45. The van der Waals surface area contributed by atoms with E-state index in [4.69, 9.17) is 10.7 Å². The van der Waals surface area contributed by atoms with E-state index in [9.17, 15) is 9.59 Å². The number of H-pyrrole nitrogens is 1. The van der Waals surface area contributed by atoms with Crippen molar-refractivity contribution < 1.29 is 9.59 Å². The summed E-state index contributed by atoms with van der Waals surface area (Å²) in [6.45, 7) is 1.51. The Morgan fingerprint density at radius 2 is 1.97 bits per heavy atom. The highest BCUT2D eigenvalue weighted by atomic mass is 16.2. The van der Waals surface area contributed by atoms with Crippen LogP contribution in [0.2, 0.25) is 0 Å². The minimum Gasteiger partial charge on any atom is -0.383 e. The minimum absolute atomic E-state index is 0.000811. The number of hydrogen-bond donors (Lipinski definition) is 2. The zero-order valence-corrected chi connectivity index (χ0v) is 18.5. The molecule has 1 amide bonds. The molecule has 0 saturated carbocycles. The molecule has 0 aliphatic carbocycles. The third-order valence-electron chi connectivity index (χ3n) is 7.01. The molecular weight excluding hydrogens is 434 g/mol. The molecule has 4 aromatic rings. The first kappa shape index (κ1) is 20.5. The number of aromatic amines is 1. The molecule has 0 aromatic carbocycles. The summed E-state index contributed by atoms with van der Waals surface area (Å²) in [5, 5.41) is 12.0. The highest BCUT2D eigenvalue weighted by molar-refractivity contribution is 6.00. The maximum absolute atomic E-state index is 13.0. The molecule has 4 aromatic heterocycles. The van der Waals surface area contributed by atoms with Gasteiger partial charge >= 0.3 is 0 Å². The van der Waals surface area contributed by atoms with E-state index in [0.717, 1.165) is 24.0 Å². The van der Waals surface area contributed by atoms with Gasteiger partial charge in [0.2, 0.25) is 5.82 Å². The largest absolute Gasteiger partial charge is 0.383 e. The van der Waals surface area contributed by atoms with Crippen LogP contribution in [-0.2, 0) is 0 Å². The Morgan fingerprint density at radius 3 is 2.62 bits per heavy atom. The van der Waals surface area contributed by atoms with Crippen molar-refractivity contribution in [2.75, 3.05) is 5.73 Å². The van der Waals surface area contributed by atoms with Crippen LogP contribution in [0, 0.1) is 0 Å². The number of nitrogens with zero attached hydrogens (tertiary/aromatic N) is 7. The van der Waals surface area contributed by atoms with Gasteiger partial charge in [0.1, 0.15) is 12.1 Å². The first-order valence-corrected chi connectivity index (χ1v) is 11.3. The first-order chi connectivity index (χ1) is 16.5. The molecule has 0 unspecified atom stereocenters. The van der Waals surface area contributed by atoms with Crippen LogP contribution >= 0.6 is 0 Å². The van der Waals surface area contributed by atoms with Crippen LogP contribution in [0.3, 0.4) is 0 Å². The number of nitrogens with one attached hydrogen (secondary N) is 1. The minimum atomic E-state index is -0.146. The van der Waals surface area contributed by atoms with Crippen LogP contribution in [0.15, 0.2) is 37.1 Å². The predicted octanol–water partition coefficient (Wildman–Crippen LogP) is 2.24. The van der Waals surface area contributed by atoms with Gasteiger partial charge < -0.3 is 15.6 Å². The second-order valence-electron chi connectivity index (χ2n) is 8.95. The van der Waals surface area contributed by atoms with Gasteiger partial charge in [0.15, 0.2) is 11.4 Å². The molecule has 172 valence electrons. The molecule has 2 fully saturated rings. The second kappa shape index (κ2) is 7.72. The van der Waals surface area contributed by atoms with E-state index in [1.165, 1.54) is 17.8 Å². The lowest BCUT2D eigenvalue weighted by molar-refractivity contribution is 0.0556. The van der Waals surface area contributed by atoms with Gasteiger partial charge in [-0.05, 0) is 38.7 Å². The number of nitrogen functional groups attached to an aromatic ring is 1. The number of ketones is 1. The van der Waals surface area contributed by atoms with Gasteiger partial charge in [-0.1, -0.05) is 6.07 Å². The van der Waals surface area contributed by atoms with Crippen molar-refractivity contribution in [3.63, 3.8) is 0 Å². The van der Waals surface area contributed by atoms with E-state index < -0.39 is 0 Å². The number of anilines is 1. The predicted molar refractivity (Wildman–Crippen MR) is 122 cm³/mol. The molecule has 11 heteroatoms. The van der Waals surface area contributed by atoms with Crippen molar-refractivity contribution in [3.8, 4) is 11.1 Å². The Hall–Kier alpha value is -4.15. The van der Waals surface area contributed by atoms with Crippen molar-refractivity contribution >= 4 is 23.2 Å². The van der Waals surface area contributed by atoms with Gasteiger partial charge in [0, 0.05) is 41.5 Å². The third-order valence-corrected chi connectivity index (χ3v) is 7.01. The monoisotopic (exact) mass is 457 g/mol. The van der Waals surface area contributed by atoms with E-state index in [1.807, 2.05) is 17.0 Å². The highest BCUT2D eigenvalue weighted by Gasteiger charge is 2.45. The van der Waals surface area contributed by atoms with Crippen molar-refractivity contribution in [2.24, 2.45) is 0 Å². The number of Topliss-reactive ketones (excluding diaryl/α,β-unsaturated/α-hetero) is 1. The standard InChI is InChI=1S/C23H23N9O2/c1-12(33)18-19(29-22-17(10-28-32(22)20(18)24)13-3-2-6-25-9-13)14-7-15-4-5-16(8-14)31(15)23(34)21-26-11-27-30-21/h2-3,6,9-11,14-16H,4-5,7-8,24H2,1H3,(H,26,27,30)/t14-,15-,16+. The lowest BCUT2D eigenvalue weighted by atomic mass is 9.85. The number of rotatable bonds is 4. The molecule has 3 atom stereocenters. The number of pyridine rings is 1. The number of amides is 1. The number of carbonyl (C=O) groups excluding carboxylic acids is 2. The van der Waals surface area contributed by atoms with Gasteiger partial charge in [-0.15, -0.1) is 10.2 Å². The van der Waals surface area contributed by atoms with Crippen molar-refractivity contribution in [3.05, 3.63) is 54.1 Å². The summed E-state index contributed by atoms with van der Waals surface area (Å²) in [7, 11) is 0.